The van der Waals surface area contributed by atoms with Gasteiger partial charge in [-0.05, 0) is 60.6 Å². The Morgan fingerprint density at radius 3 is 2.49 bits per heavy atom. The maximum absolute atomic E-state index is 14.4. The van der Waals surface area contributed by atoms with Gasteiger partial charge >= 0.3 is 6.03 Å². The predicted molar refractivity (Wildman–Crippen MR) is 134 cm³/mol. The van der Waals surface area contributed by atoms with Crippen molar-refractivity contribution in [1.29, 1.82) is 0 Å². The molecule has 2 fully saturated rings. The van der Waals surface area contributed by atoms with E-state index in [4.69, 9.17) is 14.2 Å². The number of carbonyl (C=O) groups excluding carboxylic acids is 1. The lowest BCUT2D eigenvalue weighted by Crippen LogP contribution is -2.42. The molecule has 1 aliphatic heterocycles. The Bertz CT molecular complexity index is 987. The third-order valence-electron chi connectivity index (χ3n) is 7.04. The van der Waals surface area contributed by atoms with Crippen molar-refractivity contribution in [3.05, 3.63) is 59.4 Å². The topological polar surface area (TPSA) is 51.2 Å². The average Bonchev–Trinajstić information content (AvgIpc) is 3.71. The number of amides is 2. The molecule has 0 aromatic heterocycles. The van der Waals surface area contributed by atoms with E-state index in [-0.39, 0.29) is 11.8 Å². The van der Waals surface area contributed by atoms with Gasteiger partial charge in [0.1, 0.15) is 18.2 Å². The van der Waals surface area contributed by atoms with Crippen LogP contribution >= 0.6 is 0 Å². The van der Waals surface area contributed by atoms with E-state index in [0.717, 1.165) is 36.3 Å². The van der Waals surface area contributed by atoms with E-state index in [9.17, 15) is 9.18 Å². The van der Waals surface area contributed by atoms with Gasteiger partial charge in [0.2, 0.25) is 0 Å². The summed E-state index contributed by atoms with van der Waals surface area (Å²) in [6.07, 6.45) is 4.75. The van der Waals surface area contributed by atoms with Gasteiger partial charge in [-0.1, -0.05) is 19.1 Å². The number of ether oxygens (including phenoxy) is 3. The number of rotatable bonds is 10. The van der Waals surface area contributed by atoms with Crippen LogP contribution in [0.5, 0.6) is 5.75 Å². The van der Waals surface area contributed by atoms with Gasteiger partial charge in [-0.15, -0.1) is 0 Å². The van der Waals surface area contributed by atoms with Crippen LogP contribution in [-0.2, 0) is 21.7 Å². The van der Waals surface area contributed by atoms with E-state index < -0.39 is 5.60 Å². The zero-order valence-corrected chi connectivity index (χ0v) is 21.1. The molecule has 35 heavy (non-hydrogen) atoms. The van der Waals surface area contributed by atoms with Crippen LogP contribution < -0.4 is 9.64 Å². The van der Waals surface area contributed by atoms with Gasteiger partial charge in [0.15, 0.2) is 0 Å². The molecule has 2 aliphatic rings. The normalized spacial score (nSPS) is 17.1. The highest BCUT2D eigenvalue weighted by molar-refractivity contribution is 5.91. The molecule has 4 rings (SSSR count). The summed E-state index contributed by atoms with van der Waals surface area (Å²) >= 11 is 0. The van der Waals surface area contributed by atoms with Crippen LogP contribution in [0.3, 0.4) is 0 Å². The molecular weight excluding hydrogens is 447 g/mol. The van der Waals surface area contributed by atoms with Crippen LogP contribution in [0.15, 0.2) is 42.5 Å². The van der Waals surface area contributed by atoms with Gasteiger partial charge < -0.3 is 19.1 Å². The third kappa shape index (κ3) is 6.33. The quantitative estimate of drug-likeness (QED) is 0.432. The predicted octanol–water partition coefficient (Wildman–Crippen LogP) is 5.74. The van der Waals surface area contributed by atoms with Gasteiger partial charge in [-0.25, -0.2) is 9.18 Å². The summed E-state index contributed by atoms with van der Waals surface area (Å²) in [5, 5.41) is 0. The SMILES string of the molecule is CCCN(CC1CC1)C(=O)N(C)c1ccc(COc2cc(F)cc(C3(OC)CCOCC3)c2)cc1. The number of benzene rings is 2. The van der Waals surface area contributed by atoms with Crippen molar-refractivity contribution in [1.82, 2.24) is 4.90 Å². The monoisotopic (exact) mass is 484 g/mol. The summed E-state index contributed by atoms with van der Waals surface area (Å²) in [6.45, 7) is 5.19. The second-order valence-corrected chi connectivity index (χ2v) is 9.67. The Hall–Kier alpha value is -2.64. The maximum atomic E-state index is 14.4. The highest BCUT2D eigenvalue weighted by Gasteiger charge is 2.35. The minimum absolute atomic E-state index is 0.0372. The molecule has 0 N–H and O–H groups in total. The molecule has 1 saturated carbocycles. The van der Waals surface area contributed by atoms with Crippen molar-refractivity contribution >= 4 is 11.7 Å². The molecule has 0 unspecified atom stereocenters. The van der Waals surface area contributed by atoms with Crippen LogP contribution in [0.2, 0.25) is 0 Å². The van der Waals surface area contributed by atoms with Gasteiger partial charge in [0.05, 0.1) is 5.60 Å². The molecule has 2 aromatic carbocycles. The summed E-state index contributed by atoms with van der Waals surface area (Å²) < 4.78 is 31.7. The second-order valence-electron chi connectivity index (χ2n) is 9.67. The van der Waals surface area contributed by atoms with E-state index >= 15 is 0 Å². The lowest BCUT2D eigenvalue weighted by molar-refractivity contribution is -0.0950. The molecule has 190 valence electrons. The van der Waals surface area contributed by atoms with Crippen LogP contribution in [-0.4, -0.2) is 51.4 Å². The molecule has 1 heterocycles. The summed E-state index contributed by atoms with van der Waals surface area (Å²) in [5.74, 6) is 0.778. The van der Waals surface area contributed by atoms with Crippen molar-refractivity contribution in [2.24, 2.45) is 5.92 Å². The van der Waals surface area contributed by atoms with Gasteiger partial charge in [-0.2, -0.15) is 0 Å². The Labute approximate surface area is 208 Å². The van der Waals surface area contributed by atoms with E-state index in [1.807, 2.05) is 42.3 Å². The van der Waals surface area contributed by atoms with E-state index in [1.165, 1.54) is 25.0 Å². The first kappa shape index (κ1) is 25.5. The van der Waals surface area contributed by atoms with Gasteiger partial charge in [0.25, 0.3) is 0 Å². The molecule has 2 aromatic rings. The fraction of sp³-hybridized carbons (Fsp3) is 0.536. The standard InChI is InChI=1S/C28H37FN2O4/c1-4-13-31(19-21-5-6-21)27(32)30(2)25-9-7-22(8-10-25)20-35-26-17-23(16-24(29)18-26)28(33-3)11-14-34-15-12-28/h7-10,16-18,21H,4-6,11-15,19-20H2,1-3H3. The van der Waals surface area contributed by atoms with Gasteiger partial charge in [0, 0.05) is 65.1 Å². The molecule has 0 radical (unpaired) electrons. The number of halogens is 1. The number of nitrogens with zero attached hydrogens (tertiary/aromatic N) is 2. The maximum Gasteiger partial charge on any atom is 0.324 e. The lowest BCUT2D eigenvalue weighted by Gasteiger charge is -2.36. The molecule has 6 nitrogen and oxygen atoms in total. The van der Waals surface area contributed by atoms with Crippen LogP contribution in [0, 0.1) is 11.7 Å². The zero-order chi connectivity index (χ0) is 24.8. The first-order chi connectivity index (χ1) is 16.9. The van der Waals surface area contributed by atoms with Crippen LogP contribution in [0.1, 0.15) is 50.2 Å². The highest BCUT2D eigenvalue weighted by atomic mass is 19.1. The Morgan fingerprint density at radius 2 is 1.86 bits per heavy atom. The summed E-state index contributed by atoms with van der Waals surface area (Å²) in [4.78, 5) is 16.7. The molecule has 2 amide bonds. The molecule has 1 aliphatic carbocycles. The van der Waals surface area contributed by atoms with Crippen molar-refractivity contribution < 1.29 is 23.4 Å². The lowest BCUT2D eigenvalue weighted by atomic mass is 9.86. The minimum Gasteiger partial charge on any atom is -0.489 e. The number of hydrogen-bond acceptors (Lipinski definition) is 4. The first-order valence-electron chi connectivity index (χ1n) is 12.6. The molecule has 7 heteroatoms. The van der Waals surface area contributed by atoms with Gasteiger partial charge in [-0.3, -0.25) is 4.90 Å². The van der Waals surface area contributed by atoms with E-state index in [0.29, 0.717) is 44.3 Å². The van der Waals surface area contributed by atoms with Crippen molar-refractivity contribution in [2.45, 2.75) is 51.2 Å². The first-order valence-corrected chi connectivity index (χ1v) is 12.6. The van der Waals surface area contributed by atoms with Crippen molar-refractivity contribution in [3.8, 4) is 5.75 Å². The second kappa shape index (κ2) is 11.4. The fourth-order valence-electron chi connectivity index (χ4n) is 4.67. The van der Waals surface area contributed by atoms with Crippen molar-refractivity contribution in [3.63, 3.8) is 0 Å². The number of carbonyl (C=O) groups is 1. The molecule has 1 saturated heterocycles. The van der Waals surface area contributed by atoms with Crippen LogP contribution in [0.25, 0.3) is 0 Å². The molecule has 0 spiro atoms. The molecular formula is C28H37FN2O4. The minimum atomic E-state index is -0.553. The fourth-order valence-corrected chi connectivity index (χ4v) is 4.67. The highest BCUT2D eigenvalue weighted by Crippen LogP contribution is 2.37. The third-order valence-corrected chi connectivity index (χ3v) is 7.04. The Morgan fingerprint density at radius 1 is 1.14 bits per heavy atom. The van der Waals surface area contributed by atoms with E-state index in [1.54, 1.807) is 12.0 Å². The summed E-state index contributed by atoms with van der Waals surface area (Å²) in [5.41, 5.74) is 2.00. The summed E-state index contributed by atoms with van der Waals surface area (Å²) in [6, 6.07) is 12.6. The zero-order valence-electron chi connectivity index (χ0n) is 21.1. The van der Waals surface area contributed by atoms with Crippen molar-refractivity contribution in [2.75, 3.05) is 45.4 Å². The van der Waals surface area contributed by atoms with Crippen LogP contribution in [0.4, 0.5) is 14.9 Å². The Kier molecular flexibility index (Phi) is 8.29. The largest absolute Gasteiger partial charge is 0.489 e. The van der Waals surface area contributed by atoms with E-state index in [2.05, 4.69) is 6.92 Å². The number of hydrogen-bond donors (Lipinski definition) is 0. The smallest absolute Gasteiger partial charge is 0.324 e. The number of urea groups is 1. The number of anilines is 1. The molecule has 0 atom stereocenters. The Balaban J connectivity index is 1.39. The molecule has 0 bridgehead atoms. The number of methoxy groups -OCH3 is 1. The summed E-state index contributed by atoms with van der Waals surface area (Å²) in [7, 11) is 3.48. The average molecular weight is 485 g/mol.